The van der Waals surface area contributed by atoms with Crippen molar-refractivity contribution < 1.29 is 14.3 Å². The number of fused-ring (bicyclic) bond motifs is 1. The van der Waals surface area contributed by atoms with E-state index in [1.54, 1.807) is 0 Å². The van der Waals surface area contributed by atoms with Crippen LogP contribution in [0, 0.1) is 5.92 Å². The molecule has 0 atom stereocenters. The smallest absolute Gasteiger partial charge is 0.225 e. The van der Waals surface area contributed by atoms with Gasteiger partial charge in [-0.1, -0.05) is 13.8 Å². The van der Waals surface area contributed by atoms with Gasteiger partial charge in [0.15, 0.2) is 0 Å². The SMILES string of the molecule is CCOCCC(=O)NCc1cc2n(n1)CCN(C(=O)C(C)C)C2. The number of amides is 2. The van der Waals surface area contributed by atoms with Crippen molar-refractivity contribution in [3.8, 4) is 0 Å². The van der Waals surface area contributed by atoms with Crippen LogP contribution in [0.3, 0.4) is 0 Å². The Hall–Kier alpha value is -1.89. The summed E-state index contributed by atoms with van der Waals surface area (Å²) in [6, 6.07) is 1.96. The van der Waals surface area contributed by atoms with Crippen LogP contribution in [0.5, 0.6) is 0 Å². The van der Waals surface area contributed by atoms with E-state index < -0.39 is 0 Å². The first-order valence-electron chi connectivity index (χ1n) is 8.20. The Labute approximate surface area is 137 Å². The van der Waals surface area contributed by atoms with Crippen molar-refractivity contribution in [1.29, 1.82) is 0 Å². The van der Waals surface area contributed by atoms with Crippen molar-refractivity contribution in [1.82, 2.24) is 20.0 Å². The Morgan fingerprint density at radius 2 is 2.17 bits per heavy atom. The molecule has 0 aliphatic carbocycles. The molecule has 128 valence electrons. The van der Waals surface area contributed by atoms with E-state index in [1.807, 2.05) is 36.4 Å². The lowest BCUT2D eigenvalue weighted by Crippen LogP contribution is -2.40. The van der Waals surface area contributed by atoms with Crippen LogP contribution in [0.15, 0.2) is 6.07 Å². The summed E-state index contributed by atoms with van der Waals surface area (Å²) in [6.45, 7) is 9.17. The quantitative estimate of drug-likeness (QED) is 0.758. The van der Waals surface area contributed by atoms with Crippen LogP contribution in [0.2, 0.25) is 0 Å². The summed E-state index contributed by atoms with van der Waals surface area (Å²) in [5, 5.41) is 7.33. The van der Waals surface area contributed by atoms with Crippen LogP contribution in [0.1, 0.15) is 38.6 Å². The van der Waals surface area contributed by atoms with Crippen LogP contribution in [-0.2, 0) is 34.0 Å². The Kier molecular flexibility index (Phi) is 6.15. The van der Waals surface area contributed by atoms with Crippen molar-refractivity contribution in [2.75, 3.05) is 19.8 Å². The molecule has 1 N–H and O–H groups in total. The summed E-state index contributed by atoms with van der Waals surface area (Å²) in [6.07, 6.45) is 0.359. The molecule has 0 unspecified atom stereocenters. The molecule has 1 aliphatic rings. The molecule has 2 rings (SSSR count). The summed E-state index contributed by atoms with van der Waals surface area (Å²) < 4.78 is 7.08. The van der Waals surface area contributed by atoms with Crippen molar-refractivity contribution in [2.45, 2.75) is 46.8 Å². The van der Waals surface area contributed by atoms with Gasteiger partial charge in [-0.05, 0) is 13.0 Å². The van der Waals surface area contributed by atoms with Gasteiger partial charge in [0, 0.05) is 25.5 Å². The summed E-state index contributed by atoms with van der Waals surface area (Å²) in [5.74, 6) is 0.137. The van der Waals surface area contributed by atoms with Gasteiger partial charge in [-0.3, -0.25) is 14.3 Å². The number of nitrogens with zero attached hydrogens (tertiary/aromatic N) is 3. The molecule has 1 aromatic heterocycles. The molecular formula is C16H26N4O3. The van der Waals surface area contributed by atoms with E-state index in [0.29, 0.717) is 45.8 Å². The standard InChI is InChI=1S/C16H26N4O3/c1-4-23-8-5-15(21)17-10-13-9-14-11-19(16(22)12(2)3)6-7-20(14)18-13/h9,12H,4-8,10-11H2,1-3H3,(H,17,21). The van der Waals surface area contributed by atoms with Crippen molar-refractivity contribution in [2.24, 2.45) is 5.92 Å². The fourth-order valence-electron chi connectivity index (χ4n) is 2.55. The minimum absolute atomic E-state index is 0.00793. The van der Waals surface area contributed by atoms with E-state index >= 15 is 0 Å². The minimum atomic E-state index is -0.0407. The summed E-state index contributed by atoms with van der Waals surface area (Å²) in [5.41, 5.74) is 1.84. The van der Waals surface area contributed by atoms with E-state index in [1.165, 1.54) is 0 Å². The minimum Gasteiger partial charge on any atom is -0.381 e. The van der Waals surface area contributed by atoms with E-state index in [9.17, 15) is 9.59 Å². The predicted octanol–water partition coefficient (Wildman–Crippen LogP) is 0.924. The first-order valence-corrected chi connectivity index (χ1v) is 8.20. The molecule has 1 aromatic rings. The van der Waals surface area contributed by atoms with Gasteiger partial charge < -0.3 is 15.0 Å². The van der Waals surface area contributed by atoms with Crippen molar-refractivity contribution in [3.63, 3.8) is 0 Å². The summed E-state index contributed by atoms with van der Waals surface area (Å²) in [7, 11) is 0. The number of aromatic nitrogens is 2. The molecule has 2 heterocycles. The maximum absolute atomic E-state index is 12.1. The Balaban J connectivity index is 1.86. The fourth-order valence-corrected chi connectivity index (χ4v) is 2.55. The van der Waals surface area contributed by atoms with Crippen molar-refractivity contribution >= 4 is 11.8 Å². The third-order valence-corrected chi connectivity index (χ3v) is 3.80. The van der Waals surface area contributed by atoms with Gasteiger partial charge in [0.25, 0.3) is 0 Å². The van der Waals surface area contributed by atoms with Crippen LogP contribution in [0.25, 0.3) is 0 Å². The zero-order chi connectivity index (χ0) is 16.8. The molecule has 0 saturated carbocycles. The van der Waals surface area contributed by atoms with Crippen molar-refractivity contribution in [3.05, 3.63) is 17.5 Å². The van der Waals surface area contributed by atoms with Gasteiger partial charge in [-0.25, -0.2) is 0 Å². The lowest BCUT2D eigenvalue weighted by Gasteiger charge is -2.29. The Morgan fingerprint density at radius 1 is 1.39 bits per heavy atom. The van der Waals surface area contributed by atoms with Gasteiger partial charge in [0.1, 0.15) is 0 Å². The average Bonchev–Trinajstić information content (AvgIpc) is 2.94. The zero-order valence-electron chi connectivity index (χ0n) is 14.2. The number of nitrogens with one attached hydrogen (secondary N) is 1. The predicted molar refractivity (Wildman–Crippen MR) is 85.4 cm³/mol. The highest BCUT2D eigenvalue weighted by molar-refractivity contribution is 5.78. The normalized spacial score (nSPS) is 14.0. The average molecular weight is 322 g/mol. The monoisotopic (exact) mass is 322 g/mol. The van der Waals surface area contributed by atoms with Crippen LogP contribution >= 0.6 is 0 Å². The number of hydrogen-bond donors (Lipinski definition) is 1. The van der Waals surface area contributed by atoms with Gasteiger partial charge in [0.05, 0.1) is 37.6 Å². The molecule has 7 heteroatoms. The molecule has 0 bridgehead atoms. The second-order valence-electron chi connectivity index (χ2n) is 5.99. The topological polar surface area (TPSA) is 76.5 Å². The van der Waals surface area contributed by atoms with E-state index in [-0.39, 0.29) is 17.7 Å². The maximum atomic E-state index is 12.1. The fraction of sp³-hybridized carbons (Fsp3) is 0.688. The van der Waals surface area contributed by atoms with Crippen LogP contribution < -0.4 is 5.32 Å². The van der Waals surface area contributed by atoms with Gasteiger partial charge >= 0.3 is 0 Å². The lowest BCUT2D eigenvalue weighted by atomic mass is 10.1. The highest BCUT2D eigenvalue weighted by Gasteiger charge is 2.23. The molecule has 0 radical (unpaired) electrons. The number of ether oxygens (including phenoxy) is 1. The molecule has 0 aromatic carbocycles. The highest BCUT2D eigenvalue weighted by Crippen LogP contribution is 2.15. The van der Waals surface area contributed by atoms with E-state index in [2.05, 4.69) is 10.4 Å². The molecule has 0 spiro atoms. The molecule has 2 amide bonds. The van der Waals surface area contributed by atoms with Gasteiger partial charge in [-0.15, -0.1) is 0 Å². The Morgan fingerprint density at radius 3 is 2.87 bits per heavy atom. The number of carbonyl (C=O) groups excluding carboxylic acids is 2. The van der Waals surface area contributed by atoms with Crippen LogP contribution in [-0.4, -0.2) is 46.3 Å². The van der Waals surface area contributed by atoms with Gasteiger partial charge in [-0.2, -0.15) is 5.10 Å². The van der Waals surface area contributed by atoms with E-state index in [4.69, 9.17) is 4.74 Å². The second kappa shape index (κ2) is 8.10. The molecular weight excluding hydrogens is 296 g/mol. The van der Waals surface area contributed by atoms with Gasteiger partial charge in [0.2, 0.25) is 11.8 Å². The summed E-state index contributed by atoms with van der Waals surface area (Å²) in [4.78, 5) is 25.6. The number of rotatable bonds is 7. The number of hydrogen-bond acceptors (Lipinski definition) is 4. The molecule has 7 nitrogen and oxygen atoms in total. The first kappa shape index (κ1) is 17.5. The molecule has 0 fully saturated rings. The highest BCUT2D eigenvalue weighted by atomic mass is 16.5. The third-order valence-electron chi connectivity index (χ3n) is 3.80. The molecule has 1 aliphatic heterocycles. The first-order chi connectivity index (χ1) is 11.0. The molecule has 23 heavy (non-hydrogen) atoms. The summed E-state index contributed by atoms with van der Waals surface area (Å²) >= 11 is 0. The largest absolute Gasteiger partial charge is 0.381 e. The third kappa shape index (κ3) is 4.79. The second-order valence-corrected chi connectivity index (χ2v) is 5.99. The zero-order valence-corrected chi connectivity index (χ0v) is 14.2. The Bertz CT molecular complexity index is 554. The van der Waals surface area contributed by atoms with Crippen LogP contribution in [0.4, 0.5) is 0 Å². The number of carbonyl (C=O) groups is 2. The maximum Gasteiger partial charge on any atom is 0.225 e. The molecule has 0 saturated heterocycles. The lowest BCUT2D eigenvalue weighted by molar-refractivity contribution is -0.136. The van der Waals surface area contributed by atoms with E-state index in [0.717, 1.165) is 11.4 Å².